The van der Waals surface area contributed by atoms with Crippen LogP contribution in [0.5, 0.6) is 0 Å². The van der Waals surface area contributed by atoms with E-state index in [1.807, 2.05) is 0 Å². The Bertz CT molecular complexity index is 315. The van der Waals surface area contributed by atoms with Gasteiger partial charge in [-0.15, -0.1) is 0 Å². The van der Waals surface area contributed by atoms with Crippen LogP contribution in [0.15, 0.2) is 0 Å². The Kier molecular flexibility index (Phi) is 3.01. The summed E-state index contributed by atoms with van der Waals surface area (Å²) in [4.78, 5) is 11.7. The maximum Gasteiger partial charge on any atom is 0.312 e. The lowest BCUT2D eigenvalue weighted by Gasteiger charge is -2.49. The standard InChI is InChI=1S/C14H24O3/c1-12(2)6-5-9-14(17,10-12)13(11(15)16)7-3-4-8-13/h17H,3-10H2,1-2H3,(H,15,16). The summed E-state index contributed by atoms with van der Waals surface area (Å²) in [6, 6.07) is 0. The second-order valence-electron chi connectivity index (χ2n) is 6.82. The number of carboxylic acid groups (broad SMARTS) is 1. The molecule has 2 rings (SSSR count). The maximum absolute atomic E-state index is 11.7. The van der Waals surface area contributed by atoms with E-state index >= 15 is 0 Å². The predicted octanol–water partition coefficient (Wildman–Crippen LogP) is 2.96. The molecule has 2 N–H and O–H groups in total. The molecule has 0 heterocycles. The van der Waals surface area contributed by atoms with E-state index in [4.69, 9.17) is 0 Å². The molecule has 0 aromatic carbocycles. The Morgan fingerprint density at radius 3 is 2.06 bits per heavy atom. The monoisotopic (exact) mass is 240 g/mol. The van der Waals surface area contributed by atoms with Crippen molar-refractivity contribution in [2.75, 3.05) is 0 Å². The third-order valence-corrected chi connectivity index (χ3v) is 4.97. The SMILES string of the molecule is CC1(C)CCCC(O)(C2(C(=O)O)CCCC2)C1. The Morgan fingerprint density at radius 1 is 1.00 bits per heavy atom. The number of carbonyl (C=O) groups is 1. The summed E-state index contributed by atoms with van der Waals surface area (Å²) in [6.45, 7) is 4.28. The van der Waals surface area contributed by atoms with Gasteiger partial charge in [0.15, 0.2) is 0 Å². The van der Waals surface area contributed by atoms with Gasteiger partial charge in [0.1, 0.15) is 0 Å². The zero-order chi connectivity index (χ0) is 12.7. The van der Waals surface area contributed by atoms with Gasteiger partial charge in [0.25, 0.3) is 0 Å². The summed E-state index contributed by atoms with van der Waals surface area (Å²) in [5, 5.41) is 20.5. The number of hydrogen-bond donors (Lipinski definition) is 2. The first-order chi connectivity index (χ1) is 7.81. The smallest absolute Gasteiger partial charge is 0.312 e. The predicted molar refractivity (Wildman–Crippen MR) is 65.7 cm³/mol. The molecule has 2 aliphatic rings. The molecular weight excluding hydrogens is 216 g/mol. The highest BCUT2D eigenvalue weighted by atomic mass is 16.4. The van der Waals surface area contributed by atoms with Gasteiger partial charge < -0.3 is 10.2 Å². The minimum absolute atomic E-state index is 0.0675. The molecule has 0 amide bonds. The second-order valence-corrected chi connectivity index (χ2v) is 6.82. The first kappa shape index (κ1) is 12.9. The molecule has 1 unspecified atom stereocenters. The Morgan fingerprint density at radius 2 is 1.59 bits per heavy atom. The molecule has 2 fully saturated rings. The van der Waals surface area contributed by atoms with Gasteiger partial charge >= 0.3 is 5.97 Å². The van der Waals surface area contributed by atoms with E-state index in [1.165, 1.54) is 0 Å². The summed E-state index contributed by atoms with van der Waals surface area (Å²) in [5.74, 6) is -0.782. The molecule has 3 nitrogen and oxygen atoms in total. The lowest BCUT2D eigenvalue weighted by atomic mass is 9.58. The van der Waals surface area contributed by atoms with E-state index in [2.05, 4.69) is 13.8 Å². The topological polar surface area (TPSA) is 57.5 Å². The van der Waals surface area contributed by atoms with Gasteiger partial charge in [-0.1, -0.05) is 33.1 Å². The molecule has 2 saturated carbocycles. The minimum Gasteiger partial charge on any atom is -0.481 e. The molecule has 0 spiro atoms. The van der Waals surface area contributed by atoms with Gasteiger partial charge in [0.05, 0.1) is 11.0 Å². The highest BCUT2D eigenvalue weighted by molar-refractivity contribution is 5.76. The number of rotatable bonds is 2. The van der Waals surface area contributed by atoms with Gasteiger partial charge in [-0.25, -0.2) is 0 Å². The quantitative estimate of drug-likeness (QED) is 0.780. The molecule has 98 valence electrons. The molecule has 0 aliphatic heterocycles. The van der Waals surface area contributed by atoms with Crippen LogP contribution >= 0.6 is 0 Å². The summed E-state index contributed by atoms with van der Waals surface area (Å²) in [5.41, 5.74) is -1.79. The molecule has 0 aromatic heterocycles. The largest absolute Gasteiger partial charge is 0.481 e. The summed E-state index contributed by atoms with van der Waals surface area (Å²) < 4.78 is 0. The van der Waals surface area contributed by atoms with E-state index < -0.39 is 17.0 Å². The highest BCUT2D eigenvalue weighted by Gasteiger charge is 2.59. The molecule has 0 saturated heterocycles. The van der Waals surface area contributed by atoms with E-state index in [9.17, 15) is 15.0 Å². The fraction of sp³-hybridized carbons (Fsp3) is 0.929. The van der Waals surface area contributed by atoms with Gasteiger partial charge in [-0.2, -0.15) is 0 Å². The van der Waals surface area contributed by atoms with Crippen LogP contribution in [0.2, 0.25) is 0 Å². The zero-order valence-corrected chi connectivity index (χ0v) is 11.0. The molecule has 3 heteroatoms. The van der Waals surface area contributed by atoms with Crippen molar-refractivity contribution in [1.82, 2.24) is 0 Å². The fourth-order valence-electron chi connectivity index (χ4n) is 4.09. The third kappa shape index (κ3) is 1.99. The van der Waals surface area contributed by atoms with Crippen LogP contribution in [0, 0.1) is 10.8 Å². The van der Waals surface area contributed by atoms with Crippen LogP contribution in [0.25, 0.3) is 0 Å². The van der Waals surface area contributed by atoms with E-state index in [1.54, 1.807) is 0 Å². The molecule has 2 aliphatic carbocycles. The summed E-state index contributed by atoms with van der Waals surface area (Å²) in [7, 11) is 0. The van der Waals surface area contributed by atoms with Crippen molar-refractivity contribution in [2.45, 2.75) is 70.8 Å². The molecule has 17 heavy (non-hydrogen) atoms. The Hall–Kier alpha value is -0.570. The molecule has 0 aromatic rings. The number of carboxylic acids is 1. The maximum atomic E-state index is 11.7. The van der Waals surface area contributed by atoms with Crippen molar-refractivity contribution in [3.05, 3.63) is 0 Å². The second kappa shape index (κ2) is 3.98. The van der Waals surface area contributed by atoms with Crippen molar-refractivity contribution >= 4 is 5.97 Å². The summed E-state index contributed by atoms with van der Waals surface area (Å²) >= 11 is 0. The van der Waals surface area contributed by atoms with Crippen molar-refractivity contribution in [3.63, 3.8) is 0 Å². The van der Waals surface area contributed by atoms with Crippen molar-refractivity contribution in [3.8, 4) is 0 Å². The third-order valence-electron chi connectivity index (χ3n) is 4.97. The Labute approximate surface area is 103 Å². The van der Waals surface area contributed by atoms with Crippen LogP contribution in [0.4, 0.5) is 0 Å². The van der Waals surface area contributed by atoms with Crippen LogP contribution in [-0.2, 0) is 4.79 Å². The van der Waals surface area contributed by atoms with E-state index in [0.29, 0.717) is 25.7 Å². The number of hydrogen-bond acceptors (Lipinski definition) is 2. The van der Waals surface area contributed by atoms with Crippen molar-refractivity contribution in [1.29, 1.82) is 0 Å². The van der Waals surface area contributed by atoms with Crippen molar-refractivity contribution in [2.24, 2.45) is 10.8 Å². The molecule has 0 bridgehead atoms. The highest BCUT2D eigenvalue weighted by Crippen LogP contribution is 2.55. The molecule has 0 radical (unpaired) electrons. The number of aliphatic hydroxyl groups is 1. The average Bonchev–Trinajstić information content (AvgIpc) is 2.64. The average molecular weight is 240 g/mol. The van der Waals surface area contributed by atoms with Gasteiger partial charge in [0.2, 0.25) is 0 Å². The number of aliphatic carboxylic acids is 1. The van der Waals surface area contributed by atoms with Crippen LogP contribution in [0.1, 0.15) is 65.2 Å². The van der Waals surface area contributed by atoms with Crippen LogP contribution in [0.3, 0.4) is 0 Å². The lowest BCUT2D eigenvalue weighted by molar-refractivity contribution is -0.180. The zero-order valence-electron chi connectivity index (χ0n) is 11.0. The van der Waals surface area contributed by atoms with Crippen LogP contribution in [-0.4, -0.2) is 21.8 Å². The normalized spacial score (nSPS) is 35.7. The Balaban J connectivity index is 2.32. The van der Waals surface area contributed by atoms with Crippen molar-refractivity contribution < 1.29 is 15.0 Å². The van der Waals surface area contributed by atoms with Gasteiger partial charge in [-0.05, 0) is 37.5 Å². The fourth-order valence-corrected chi connectivity index (χ4v) is 4.09. The van der Waals surface area contributed by atoms with E-state index in [0.717, 1.165) is 25.7 Å². The molecule has 1 atom stereocenters. The molecular formula is C14H24O3. The van der Waals surface area contributed by atoms with Gasteiger partial charge in [0, 0.05) is 0 Å². The lowest BCUT2D eigenvalue weighted by Crippen LogP contribution is -2.55. The van der Waals surface area contributed by atoms with Gasteiger partial charge in [-0.3, -0.25) is 4.79 Å². The van der Waals surface area contributed by atoms with E-state index in [-0.39, 0.29) is 5.41 Å². The van der Waals surface area contributed by atoms with Crippen LogP contribution < -0.4 is 0 Å². The minimum atomic E-state index is -0.989. The first-order valence-corrected chi connectivity index (χ1v) is 6.77. The summed E-state index contributed by atoms with van der Waals surface area (Å²) in [6.07, 6.45) is 6.49. The first-order valence-electron chi connectivity index (χ1n) is 6.77.